The number of carbonyl (C=O) groups excluding carboxylic acids is 1. The van der Waals surface area contributed by atoms with Crippen LogP contribution in [0.5, 0.6) is 11.6 Å². The summed E-state index contributed by atoms with van der Waals surface area (Å²) in [6, 6.07) is 9.60. The van der Waals surface area contributed by atoms with Crippen LogP contribution in [0.3, 0.4) is 0 Å². The van der Waals surface area contributed by atoms with Crippen molar-refractivity contribution in [3.63, 3.8) is 0 Å². The van der Waals surface area contributed by atoms with E-state index in [1.807, 2.05) is 6.07 Å². The lowest BCUT2D eigenvalue weighted by Crippen LogP contribution is -2.23. The van der Waals surface area contributed by atoms with Crippen molar-refractivity contribution in [3.8, 4) is 11.6 Å². The highest BCUT2D eigenvalue weighted by atomic mass is 16.6. The number of benzene rings is 1. The van der Waals surface area contributed by atoms with Crippen LogP contribution in [0.15, 0.2) is 48.8 Å². The Kier molecular flexibility index (Phi) is 5.11. The molecule has 0 saturated carbocycles. The summed E-state index contributed by atoms with van der Waals surface area (Å²) in [5, 5.41) is 17.8. The highest BCUT2D eigenvalue weighted by Gasteiger charge is 2.16. The summed E-state index contributed by atoms with van der Waals surface area (Å²) in [5.41, 5.74) is 1.58. The van der Waals surface area contributed by atoms with Crippen molar-refractivity contribution in [2.45, 2.75) is 13.5 Å². The molecule has 27 heavy (non-hydrogen) atoms. The Hall–Kier alpha value is -3.75. The van der Waals surface area contributed by atoms with E-state index < -0.39 is 4.92 Å². The maximum Gasteiger partial charge on any atom is 0.272 e. The molecule has 0 aliphatic carbocycles. The van der Waals surface area contributed by atoms with E-state index in [-0.39, 0.29) is 17.3 Å². The van der Waals surface area contributed by atoms with Crippen LogP contribution in [0.1, 0.15) is 21.6 Å². The van der Waals surface area contributed by atoms with E-state index in [0.29, 0.717) is 23.7 Å². The van der Waals surface area contributed by atoms with E-state index in [4.69, 9.17) is 4.74 Å². The molecule has 9 heteroatoms. The highest BCUT2D eigenvalue weighted by Crippen LogP contribution is 2.27. The third-order valence-corrected chi connectivity index (χ3v) is 3.83. The molecule has 2 aromatic heterocycles. The molecule has 0 aliphatic heterocycles. The van der Waals surface area contributed by atoms with Gasteiger partial charge in [0.2, 0.25) is 5.88 Å². The molecular weight excluding hydrogens is 350 g/mol. The Morgan fingerprint density at radius 1 is 1.33 bits per heavy atom. The summed E-state index contributed by atoms with van der Waals surface area (Å²) in [6.07, 6.45) is 3.33. The molecular formula is C18H17N5O4. The summed E-state index contributed by atoms with van der Waals surface area (Å²) in [5.74, 6) is 0.419. The molecule has 0 atom stereocenters. The highest BCUT2D eigenvalue weighted by molar-refractivity contribution is 5.92. The van der Waals surface area contributed by atoms with E-state index in [1.54, 1.807) is 38.5 Å². The van der Waals surface area contributed by atoms with Crippen LogP contribution >= 0.6 is 0 Å². The number of hydrogen-bond donors (Lipinski definition) is 1. The fraction of sp³-hybridized carbons (Fsp3) is 0.167. The predicted molar refractivity (Wildman–Crippen MR) is 96.5 cm³/mol. The molecule has 0 aliphatic rings. The van der Waals surface area contributed by atoms with Crippen molar-refractivity contribution in [2.75, 3.05) is 0 Å². The van der Waals surface area contributed by atoms with Gasteiger partial charge in [-0.25, -0.2) is 4.68 Å². The topological polar surface area (TPSA) is 112 Å². The molecule has 3 aromatic rings. The molecule has 0 radical (unpaired) electrons. The second-order valence-corrected chi connectivity index (χ2v) is 5.84. The molecule has 2 heterocycles. The summed E-state index contributed by atoms with van der Waals surface area (Å²) in [4.78, 5) is 26.7. The first-order valence-electron chi connectivity index (χ1n) is 8.08. The quantitative estimate of drug-likeness (QED) is 0.529. The second kappa shape index (κ2) is 7.65. The van der Waals surface area contributed by atoms with Crippen LogP contribution in [-0.4, -0.2) is 25.6 Å². The van der Waals surface area contributed by atoms with E-state index in [0.717, 1.165) is 5.56 Å². The van der Waals surface area contributed by atoms with Gasteiger partial charge in [0.25, 0.3) is 11.6 Å². The van der Waals surface area contributed by atoms with Crippen LogP contribution in [0, 0.1) is 17.0 Å². The molecule has 0 unspecified atom stereocenters. The van der Waals surface area contributed by atoms with Gasteiger partial charge >= 0.3 is 0 Å². The molecule has 0 spiro atoms. The predicted octanol–water partition coefficient (Wildman–Crippen LogP) is 2.75. The normalized spacial score (nSPS) is 10.4. The van der Waals surface area contributed by atoms with Crippen LogP contribution in [0.25, 0.3) is 0 Å². The first-order valence-corrected chi connectivity index (χ1v) is 8.08. The number of pyridine rings is 1. The van der Waals surface area contributed by atoms with Gasteiger partial charge in [-0.05, 0) is 30.7 Å². The molecule has 1 N–H and O–H groups in total. The first kappa shape index (κ1) is 18.1. The number of hydrogen-bond acceptors (Lipinski definition) is 6. The lowest BCUT2D eigenvalue weighted by atomic mass is 10.2. The monoisotopic (exact) mass is 367 g/mol. The van der Waals surface area contributed by atoms with Gasteiger partial charge in [-0.1, -0.05) is 6.07 Å². The molecule has 9 nitrogen and oxygen atoms in total. The Morgan fingerprint density at radius 2 is 2.15 bits per heavy atom. The van der Waals surface area contributed by atoms with Gasteiger partial charge < -0.3 is 10.1 Å². The van der Waals surface area contributed by atoms with Gasteiger partial charge in [0.05, 0.1) is 4.92 Å². The Bertz CT molecular complexity index is 985. The number of aromatic nitrogens is 3. The molecule has 0 fully saturated rings. The zero-order chi connectivity index (χ0) is 19.4. The minimum absolute atomic E-state index is 0.0165. The lowest BCUT2D eigenvalue weighted by molar-refractivity contribution is -0.385. The SMILES string of the molecule is Cc1cc(Oc2cc(C(=O)NCc3cccnc3)nn2C)ccc1[N+](=O)[O-]. The number of nitrogens with zero attached hydrogens (tertiary/aromatic N) is 4. The molecule has 0 bridgehead atoms. The van der Waals surface area contributed by atoms with Crippen molar-refractivity contribution >= 4 is 11.6 Å². The Morgan fingerprint density at radius 3 is 2.81 bits per heavy atom. The number of ether oxygens (including phenoxy) is 1. The summed E-state index contributed by atoms with van der Waals surface area (Å²) in [6.45, 7) is 1.96. The maximum absolute atomic E-state index is 12.3. The molecule has 1 aromatic carbocycles. The number of carbonyl (C=O) groups is 1. The largest absolute Gasteiger partial charge is 0.439 e. The smallest absolute Gasteiger partial charge is 0.272 e. The number of rotatable bonds is 6. The third-order valence-electron chi connectivity index (χ3n) is 3.83. The fourth-order valence-electron chi connectivity index (χ4n) is 2.45. The van der Waals surface area contributed by atoms with E-state index >= 15 is 0 Å². The van der Waals surface area contributed by atoms with Gasteiger partial charge in [0, 0.05) is 43.7 Å². The van der Waals surface area contributed by atoms with Crippen molar-refractivity contribution in [3.05, 3.63) is 75.7 Å². The third kappa shape index (κ3) is 4.27. The summed E-state index contributed by atoms with van der Waals surface area (Å²) >= 11 is 0. The van der Waals surface area contributed by atoms with E-state index in [9.17, 15) is 14.9 Å². The van der Waals surface area contributed by atoms with Crippen molar-refractivity contribution < 1.29 is 14.5 Å². The lowest BCUT2D eigenvalue weighted by Gasteiger charge is -2.06. The molecule has 0 saturated heterocycles. The van der Waals surface area contributed by atoms with Gasteiger partial charge in [-0.15, -0.1) is 0 Å². The number of nitro benzene ring substituents is 1. The van der Waals surface area contributed by atoms with Gasteiger partial charge in [0.15, 0.2) is 5.69 Å². The number of nitrogens with one attached hydrogen (secondary N) is 1. The summed E-state index contributed by atoms with van der Waals surface area (Å²) in [7, 11) is 1.64. The van der Waals surface area contributed by atoms with Crippen molar-refractivity contribution in [1.29, 1.82) is 0 Å². The zero-order valence-electron chi connectivity index (χ0n) is 14.7. The van der Waals surface area contributed by atoms with Crippen LogP contribution in [-0.2, 0) is 13.6 Å². The van der Waals surface area contributed by atoms with Crippen LogP contribution < -0.4 is 10.1 Å². The second-order valence-electron chi connectivity index (χ2n) is 5.84. The van der Waals surface area contributed by atoms with Gasteiger partial charge in [-0.3, -0.25) is 19.9 Å². The zero-order valence-corrected chi connectivity index (χ0v) is 14.7. The van der Waals surface area contributed by atoms with Crippen LogP contribution in [0.4, 0.5) is 5.69 Å². The Labute approximate surface area is 154 Å². The number of amides is 1. The Balaban J connectivity index is 1.70. The van der Waals surface area contributed by atoms with Crippen molar-refractivity contribution in [1.82, 2.24) is 20.1 Å². The molecule has 3 rings (SSSR count). The van der Waals surface area contributed by atoms with Gasteiger partial charge in [-0.2, -0.15) is 5.10 Å². The minimum atomic E-state index is -0.451. The first-order chi connectivity index (χ1) is 12.9. The fourth-order valence-corrected chi connectivity index (χ4v) is 2.45. The molecule has 1 amide bonds. The number of nitro groups is 1. The summed E-state index contributed by atoms with van der Waals surface area (Å²) < 4.78 is 7.13. The molecule has 138 valence electrons. The van der Waals surface area contributed by atoms with Crippen molar-refractivity contribution in [2.24, 2.45) is 7.05 Å². The minimum Gasteiger partial charge on any atom is -0.439 e. The standard InChI is InChI=1S/C18H17N5O4/c1-12-8-14(5-6-16(12)23(25)26)27-17-9-15(21-22(17)2)18(24)20-11-13-4-3-7-19-10-13/h3-10H,11H2,1-2H3,(H,20,24). The number of aryl methyl sites for hydroxylation is 2. The van der Waals surface area contributed by atoms with Crippen LogP contribution in [0.2, 0.25) is 0 Å². The average Bonchev–Trinajstić information content (AvgIpc) is 3.01. The average molecular weight is 367 g/mol. The maximum atomic E-state index is 12.3. The van der Waals surface area contributed by atoms with E-state index in [1.165, 1.54) is 22.9 Å². The van der Waals surface area contributed by atoms with Gasteiger partial charge in [0.1, 0.15) is 5.75 Å². The van der Waals surface area contributed by atoms with E-state index in [2.05, 4.69) is 15.4 Å².